The lowest BCUT2D eigenvalue weighted by Gasteiger charge is -2.32. The highest BCUT2D eigenvalue weighted by Gasteiger charge is 2.25. The second-order valence-corrected chi connectivity index (χ2v) is 8.93. The van der Waals surface area contributed by atoms with Crippen LogP contribution in [0, 0.1) is 5.92 Å². The van der Waals surface area contributed by atoms with Crippen molar-refractivity contribution in [2.75, 3.05) is 33.7 Å². The van der Waals surface area contributed by atoms with E-state index in [-0.39, 0.29) is 16.8 Å². The topological polar surface area (TPSA) is 69.7 Å². The van der Waals surface area contributed by atoms with Gasteiger partial charge in [-0.1, -0.05) is 0 Å². The largest absolute Gasteiger partial charge is 0.339 e. The van der Waals surface area contributed by atoms with E-state index in [1.807, 2.05) is 25.8 Å². The minimum absolute atomic E-state index is 0.0240. The molecule has 0 unspecified atom stereocenters. The van der Waals surface area contributed by atoms with Crippen molar-refractivity contribution in [1.29, 1.82) is 0 Å². The molecule has 0 aliphatic carbocycles. The van der Waals surface area contributed by atoms with Gasteiger partial charge in [0.05, 0.1) is 4.90 Å². The Kier molecular flexibility index (Phi) is 6.59. The first-order chi connectivity index (χ1) is 11.8. The third-order valence-electron chi connectivity index (χ3n) is 4.90. The molecule has 0 bridgehead atoms. The summed E-state index contributed by atoms with van der Waals surface area (Å²) in [5.41, 5.74) is 0.540. The summed E-state index contributed by atoms with van der Waals surface area (Å²) in [6, 6.07) is 6.15. The van der Waals surface area contributed by atoms with E-state index in [0.717, 1.165) is 32.5 Å². The smallest absolute Gasteiger partial charge is 0.253 e. The number of rotatable bonds is 6. The molecule has 25 heavy (non-hydrogen) atoms. The highest BCUT2D eigenvalue weighted by Crippen LogP contribution is 2.21. The van der Waals surface area contributed by atoms with Crippen LogP contribution in [-0.4, -0.2) is 63.3 Å². The van der Waals surface area contributed by atoms with Crippen molar-refractivity contribution in [3.8, 4) is 0 Å². The lowest BCUT2D eigenvalue weighted by Crippen LogP contribution is -2.40. The van der Waals surface area contributed by atoms with Crippen LogP contribution in [0.25, 0.3) is 0 Å². The fraction of sp³-hybridized carbons (Fsp3) is 0.611. The molecule has 0 spiro atoms. The zero-order valence-corrected chi connectivity index (χ0v) is 16.3. The van der Waals surface area contributed by atoms with Crippen molar-refractivity contribution in [1.82, 2.24) is 14.5 Å². The van der Waals surface area contributed by atoms with Gasteiger partial charge in [0, 0.05) is 31.7 Å². The number of sulfonamides is 1. The van der Waals surface area contributed by atoms with E-state index >= 15 is 0 Å². The number of amides is 1. The zero-order valence-electron chi connectivity index (χ0n) is 15.5. The summed E-state index contributed by atoms with van der Waals surface area (Å²) in [6.07, 6.45) is 2.00. The Balaban J connectivity index is 2.06. The number of nitrogens with zero attached hydrogens (tertiary/aromatic N) is 2. The zero-order chi connectivity index (χ0) is 18.6. The van der Waals surface area contributed by atoms with Gasteiger partial charge < -0.3 is 10.2 Å². The van der Waals surface area contributed by atoms with Crippen molar-refractivity contribution < 1.29 is 13.2 Å². The maximum Gasteiger partial charge on any atom is 0.253 e. The molecule has 1 N–H and O–H groups in total. The first-order valence-corrected chi connectivity index (χ1v) is 10.2. The van der Waals surface area contributed by atoms with E-state index < -0.39 is 10.0 Å². The summed E-state index contributed by atoms with van der Waals surface area (Å²) in [7, 11) is -0.00557. The van der Waals surface area contributed by atoms with Crippen LogP contribution in [0.3, 0.4) is 0 Å². The van der Waals surface area contributed by atoms with Crippen LogP contribution in [0.1, 0.15) is 37.0 Å². The molecule has 0 aromatic heterocycles. The Morgan fingerprint density at radius 2 is 1.80 bits per heavy atom. The van der Waals surface area contributed by atoms with Crippen LogP contribution < -0.4 is 5.32 Å². The minimum atomic E-state index is -3.52. The van der Waals surface area contributed by atoms with Gasteiger partial charge in [-0.2, -0.15) is 4.31 Å². The molecule has 6 nitrogen and oxygen atoms in total. The van der Waals surface area contributed by atoms with Crippen molar-refractivity contribution >= 4 is 15.9 Å². The number of benzene rings is 1. The molecule has 1 aromatic carbocycles. The molecular weight excluding hydrogens is 338 g/mol. The maximum absolute atomic E-state index is 12.6. The van der Waals surface area contributed by atoms with Crippen LogP contribution in [0.2, 0.25) is 0 Å². The fourth-order valence-electron chi connectivity index (χ4n) is 3.02. The molecule has 0 atom stereocenters. The Labute approximate surface area is 151 Å². The predicted octanol–water partition coefficient (Wildman–Crippen LogP) is 1.79. The number of carbonyl (C=O) groups excluding carboxylic acids is 1. The third kappa shape index (κ3) is 4.59. The first kappa shape index (κ1) is 19.9. The normalized spacial score (nSPS) is 16.6. The van der Waals surface area contributed by atoms with Gasteiger partial charge >= 0.3 is 0 Å². The molecule has 0 saturated carbocycles. The number of likely N-dealkylation sites (tertiary alicyclic amines) is 1. The van der Waals surface area contributed by atoms with E-state index in [4.69, 9.17) is 0 Å². The SMILES string of the molecule is CNCC1CCN(C(=O)c2ccc(S(=O)(=O)N(C)C(C)C)cc2)CC1. The van der Waals surface area contributed by atoms with Crippen LogP contribution in [0.15, 0.2) is 29.2 Å². The van der Waals surface area contributed by atoms with Gasteiger partial charge in [0.1, 0.15) is 0 Å². The summed E-state index contributed by atoms with van der Waals surface area (Å²) in [5.74, 6) is 0.595. The van der Waals surface area contributed by atoms with E-state index in [1.165, 1.54) is 16.4 Å². The molecule has 1 aliphatic heterocycles. The Hall–Kier alpha value is -1.44. The van der Waals surface area contributed by atoms with Crippen LogP contribution in [0.5, 0.6) is 0 Å². The van der Waals surface area contributed by atoms with Gasteiger partial charge in [-0.15, -0.1) is 0 Å². The molecule has 1 aromatic rings. The number of nitrogens with one attached hydrogen (secondary N) is 1. The van der Waals surface area contributed by atoms with Crippen molar-refractivity contribution in [3.63, 3.8) is 0 Å². The summed E-state index contributed by atoms with van der Waals surface area (Å²) in [4.78, 5) is 14.7. The molecular formula is C18H29N3O3S. The fourth-order valence-corrected chi connectivity index (χ4v) is 4.39. The van der Waals surface area contributed by atoms with E-state index in [1.54, 1.807) is 19.2 Å². The molecule has 140 valence electrons. The molecule has 1 fully saturated rings. The van der Waals surface area contributed by atoms with Crippen LogP contribution in [-0.2, 0) is 10.0 Å². The molecule has 1 amide bonds. The summed E-state index contributed by atoms with van der Waals surface area (Å²) in [5, 5.41) is 3.19. The first-order valence-electron chi connectivity index (χ1n) is 8.79. The monoisotopic (exact) mass is 367 g/mol. The predicted molar refractivity (Wildman–Crippen MR) is 99.1 cm³/mol. The third-order valence-corrected chi connectivity index (χ3v) is 6.95. The average Bonchev–Trinajstić information content (AvgIpc) is 2.61. The Morgan fingerprint density at radius 1 is 1.24 bits per heavy atom. The second-order valence-electron chi connectivity index (χ2n) is 6.93. The summed E-state index contributed by atoms with van der Waals surface area (Å²) < 4.78 is 26.3. The van der Waals surface area contributed by atoms with Gasteiger partial charge in [0.15, 0.2) is 0 Å². The van der Waals surface area contributed by atoms with Crippen molar-refractivity contribution in [2.24, 2.45) is 5.92 Å². The van der Waals surface area contributed by atoms with Crippen molar-refractivity contribution in [2.45, 2.75) is 37.6 Å². The molecule has 1 aliphatic rings. The number of piperidine rings is 1. The molecule has 2 rings (SSSR count). The number of hydrogen-bond donors (Lipinski definition) is 1. The van der Waals surface area contributed by atoms with Crippen LogP contribution in [0.4, 0.5) is 0 Å². The maximum atomic E-state index is 12.6. The van der Waals surface area contributed by atoms with Gasteiger partial charge in [-0.25, -0.2) is 8.42 Å². The van der Waals surface area contributed by atoms with E-state index in [2.05, 4.69) is 5.32 Å². The molecule has 1 heterocycles. The molecule has 0 radical (unpaired) electrons. The van der Waals surface area contributed by atoms with Gasteiger partial charge in [-0.3, -0.25) is 4.79 Å². The van der Waals surface area contributed by atoms with E-state index in [9.17, 15) is 13.2 Å². The quantitative estimate of drug-likeness (QED) is 0.832. The number of hydrogen-bond acceptors (Lipinski definition) is 4. The Bertz CT molecular complexity index is 678. The lowest BCUT2D eigenvalue weighted by molar-refractivity contribution is 0.0691. The van der Waals surface area contributed by atoms with Crippen molar-refractivity contribution in [3.05, 3.63) is 29.8 Å². The minimum Gasteiger partial charge on any atom is -0.339 e. The average molecular weight is 368 g/mol. The molecule has 7 heteroatoms. The van der Waals surface area contributed by atoms with Gasteiger partial charge in [-0.05, 0) is 70.5 Å². The highest BCUT2D eigenvalue weighted by atomic mass is 32.2. The standard InChI is InChI=1S/C18H29N3O3S/c1-14(2)20(4)25(23,24)17-7-5-16(6-8-17)18(22)21-11-9-15(10-12-21)13-19-3/h5-8,14-15,19H,9-13H2,1-4H3. The summed E-state index contributed by atoms with van der Waals surface area (Å²) >= 11 is 0. The number of carbonyl (C=O) groups is 1. The van der Waals surface area contributed by atoms with E-state index in [0.29, 0.717) is 11.5 Å². The van der Waals surface area contributed by atoms with Crippen LogP contribution >= 0.6 is 0 Å². The van der Waals surface area contributed by atoms with Gasteiger partial charge in [0.25, 0.3) is 5.91 Å². The highest BCUT2D eigenvalue weighted by molar-refractivity contribution is 7.89. The summed E-state index contributed by atoms with van der Waals surface area (Å²) in [6.45, 7) is 6.14. The second kappa shape index (κ2) is 8.29. The molecule has 1 saturated heterocycles. The lowest BCUT2D eigenvalue weighted by atomic mass is 9.96. The van der Waals surface area contributed by atoms with Gasteiger partial charge in [0.2, 0.25) is 10.0 Å². The Morgan fingerprint density at radius 3 is 2.28 bits per heavy atom.